The smallest absolute Gasteiger partial charge is 0.0783 e. The van der Waals surface area contributed by atoms with Crippen LogP contribution in [0.1, 0.15) is 25.7 Å². The van der Waals surface area contributed by atoms with Gasteiger partial charge in [-0.05, 0) is 5.92 Å². The normalized spacial score (nSPS) is 23.4. The Morgan fingerprint density at radius 2 is 1.86 bits per heavy atom. The predicted molar refractivity (Wildman–Crippen MR) is 35.3 cm³/mol. The van der Waals surface area contributed by atoms with Crippen molar-refractivity contribution in [3.05, 3.63) is 0 Å². The van der Waals surface area contributed by atoms with Gasteiger partial charge >= 0.3 is 0 Å². The first-order valence-electron chi connectivity index (χ1n) is 3.43. The van der Waals surface area contributed by atoms with Gasteiger partial charge < -0.3 is 0 Å². The van der Waals surface area contributed by atoms with Crippen molar-refractivity contribution in [1.82, 2.24) is 0 Å². The van der Waals surface area contributed by atoms with Gasteiger partial charge in [0.05, 0.1) is 0 Å². The molecule has 0 aliphatic heterocycles. The number of hydrogen-bond acceptors (Lipinski definition) is 0. The molecule has 1 aliphatic rings. The van der Waals surface area contributed by atoms with Crippen molar-refractivity contribution in [1.29, 1.82) is 0 Å². The lowest BCUT2D eigenvalue weighted by molar-refractivity contribution is 0.611. The molecule has 0 N–H and O–H groups in total. The second-order valence-corrected chi connectivity index (χ2v) is 2.56. The van der Waals surface area contributed by atoms with Crippen LogP contribution in [0.15, 0.2) is 0 Å². The van der Waals surface area contributed by atoms with E-state index < -0.39 is 0 Å². The zero-order chi connectivity index (χ0) is 5.11. The molecule has 0 heterocycles. The van der Waals surface area contributed by atoms with Crippen molar-refractivity contribution in [2.24, 2.45) is 5.92 Å². The van der Waals surface area contributed by atoms with Gasteiger partial charge in [-0.25, -0.2) is 0 Å². The summed E-state index contributed by atoms with van der Waals surface area (Å²) in [4.78, 5) is 0. The van der Waals surface area contributed by atoms with Crippen LogP contribution in [-0.4, -0.2) is 7.85 Å². The first-order valence-corrected chi connectivity index (χ1v) is 3.43. The van der Waals surface area contributed by atoms with Crippen molar-refractivity contribution < 1.29 is 0 Å². The summed E-state index contributed by atoms with van der Waals surface area (Å²) in [5.41, 5.74) is 0. The Kier molecular flexibility index (Phi) is 1.78. The van der Waals surface area contributed by atoms with E-state index >= 15 is 0 Å². The minimum absolute atomic E-state index is 1.10. The molecule has 1 saturated carbocycles. The van der Waals surface area contributed by atoms with Crippen molar-refractivity contribution in [3.8, 4) is 0 Å². The highest BCUT2D eigenvalue weighted by Gasteiger charge is 2.10. The first kappa shape index (κ1) is 5.21. The molecular weight excluding hydrogens is 82.9 g/mol. The molecule has 0 amide bonds. The van der Waals surface area contributed by atoms with Crippen molar-refractivity contribution >= 4 is 7.85 Å². The van der Waals surface area contributed by atoms with Gasteiger partial charge in [0.2, 0.25) is 0 Å². The lowest BCUT2D eigenvalue weighted by atomic mass is 9.90. The summed E-state index contributed by atoms with van der Waals surface area (Å²) in [6, 6.07) is 0. The van der Waals surface area contributed by atoms with Crippen LogP contribution in [0.25, 0.3) is 0 Å². The largest absolute Gasteiger partial charge is 0.101 e. The van der Waals surface area contributed by atoms with E-state index in [0.717, 1.165) is 5.92 Å². The molecule has 0 bridgehead atoms. The molecule has 7 heavy (non-hydrogen) atoms. The molecule has 1 fully saturated rings. The van der Waals surface area contributed by atoms with E-state index in [1.165, 1.54) is 32.0 Å². The van der Waals surface area contributed by atoms with Gasteiger partial charge in [0.25, 0.3) is 0 Å². The second kappa shape index (κ2) is 2.39. The van der Waals surface area contributed by atoms with Gasteiger partial charge in [0.15, 0.2) is 0 Å². The van der Waals surface area contributed by atoms with Gasteiger partial charge in [-0.15, -0.1) is 0 Å². The SMILES string of the molecule is BCC1CCCC1. The molecule has 0 saturated heterocycles. The highest BCUT2D eigenvalue weighted by Crippen LogP contribution is 2.26. The van der Waals surface area contributed by atoms with Crippen molar-refractivity contribution in [2.45, 2.75) is 32.0 Å². The van der Waals surface area contributed by atoms with Crippen molar-refractivity contribution in [3.63, 3.8) is 0 Å². The second-order valence-electron chi connectivity index (χ2n) is 2.56. The van der Waals surface area contributed by atoms with Crippen LogP contribution in [0.5, 0.6) is 0 Å². The van der Waals surface area contributed by atoms with E-state index in [1.54, 1.807) is 0 Å². The van der Waals surface area contributed by atoms with Crippen molar-refractivity contribution in [2.75, 3.05) is 0 Å². The van der Waals surface area contributed by atoms with E-state index in [9.17, 15) is 0 Å². The maximum absolute atomic E-state index is 2.30. The summed E-state index contributed by atoms with van der Waals surface area (Å²) in [5, 5.41) is 0. The Morgan fingerprint density at radius 1 is 1.29 bits per heavy atom. The molecule has 1 rings (SSSR count). The van der Waals surface area contributed by atoms with Gasteiger partial charge in [0.1, 0.15) is 7.85 Å². The van der Waals surface area contributed by atoms with Crippen LogP contribution < -0.4 is 0 Å². The van der Waals surface area contributed by atoms with Gasteiger partial charge in [-0.3, -0.25) is 0 Å². The molecule has 0 nitrogen and oxygen atoms in total. The Hall–Kier alpha value is 0.0649. The van der Waals surface area contributed by atoms with Crippen LogP contribution in [0.4, 0.5) is 0 Å². The number of hydrogen-bond donors (Lipinski definition) is 0. The minimum Gasteiger partial charge on any atom is -0.0783 e. The third-order valence-electron chi connectivity index (χ3n) is 2.05. The monoisotopic (exact) mass is 96.1 g/mol. The fourth-order valence-corrected chi connectivity index (χ4v) is 1.42. The maximum atomic E-state index is 2.30. The van der Waals surface area contributed by atoms with Gasteiger partial charge in [0, 0.05) is 0 Å². The number of rotatable bonds is 1. The standard InChI is InChI=1S/C6H13B/c7-5-6-3-1-2-4-6/h6H,1-5,7H2. The Labute approximate surface area is 46.7 Å². The Bertz CT molecular complexity index is 46.1. The Balaban J connectivity index is 2.14. The molecule has 0 aromatic rings. The zero-order valence-corrected chi connectivity index (χ0v) is 5.11. The average Bonchev–Trinajstić information content (AvgIpc) is 2.14. The summed E-state index contributed by atoms with van der Waals surface area (Å²) < 4.78 is 0. The summed E-state index contributed by atoms with van der Waals surface area (Å²) in [6.45, 7) is 0. The first-order chi connectivity index (χ1) is 3.43. The lowest BCUT2D eigenvalue weighted by Gasteiger charge is -1.99. The summed E-state index contributed by atoms with van der Waals surface area (Å²) in [5.74, 6) is 1.10. The van der Waals surface area contributed by atoms with Gasteiger partial charge in [-0.2, -0.15) is 0 Å². The molecule has 1 aliphatic carbocycles. The average molecular weight is 96.0 g/mol. The molecular formula is C6H13B. The summed E-state index contributed by atoms with van der Waals surface area (Å²) in [7, 11) is 2.30. The molecule has 0 aromatic carbocycles. The minimum atomic E-state index is 1.10. The molecule has 0 radical (unpaired) electrons. The third-order valence-corrected chi connectivity index (χ3v) is 2.05. The van der Waals surface area contributed by atoms with Crippen LogP contribution >= 0.6 is 0 Å². The molecule has 40 valence electrons. The van der Waals surface area contributed by atoms with Crippen LogP contribution in [0.3, 0.4) is 0 Å². The summed E-state index contributed by atoms with van der Waals surface area (Å²) in [6.07, 6.45) is 7.43. The van der Waals surface area contributed by atoms with E-state index in [1.807, 2.05) is 0 Å². The lowest BCUT2D eigenvalue weighted by Crippen LogP contribution is -1.88. The zero-order valence-electron chi connectivity index (χ0n) is 5.11. The fourth-order valence-electron chi connectivity index (χ4n) is 1.42. The van der Waals surface area contributed by atoms with E-state index in [0.29, 0.717) is 0 Å². The Morgan fingerprint density at radius 3 is 2.14 bits per heavy atom. The quantitative estimate of drug-likeness (QED) is 0.430. The van der Waals surface area contributed by atoms with E-state index in [-0.39, 0.29) is 0 Å². The maximum Gasteiger partial charge on any atom is 0.101 e. The highest BCUT2D eigenvalue weighted by molar-refractivity contribution is 6.08. The third kappa shape index (κ3) is 1.22. The van der Waals surface area contributed by atoms with E-state index in [2.05, 4.69) is 7.85 Å². The van der Waals surface area contributed by atoms with Crippen LogP contribution in [0, 0.1) is 5.92 Å². The molecule has 0 spiro atoms. The molecule has 0 aromatic heterocycles. The highest BCUT2D eigenvalue weighted by atomic mass is 14.2. The topological polar surface area (TPSA) is 0 Å². The molecule has 1 heteroatoms. The van der Waals surface area contributed by atoms with E-state index in [4.69, 9.17) is 0 Å². The predicted octanol–water partition coefficient (Wildman–Crippen LogP) is 1.23. The molecule has 0 unspecified atom stereocenters. The van der Waals surface area contributed by atoms with Crippen LogP contribution in [-0.2, 0) is 0 Å². The van der Waals surface area contributed by atoms with Crippen LogP contribution in [0.2, 0.25) is 6.32 Å². The van der Waals surface area contributed by atoms with Gasteiger partial charge in [-0.1, -0.05) is 32.0 Å². The fraction of sp³-hybridized carbons (Fsp3) is 1.00. The molecule has 0 atom stereocenters. The summed E-state index contributed by atoms with van der Waals surface area (Å²) >= 11 is 0.